The van der Waals surface area contributed by atoms with Gasteiger partial charge in [-0.05, 0) is 37.6 Å². The van der Waals surface area contributed by atoms with Crippen LogP contribution in [0.15, 0.2) is 65.2 Å². The molecule has 0 aliphatic carbocycles. The maximum atomic E-state index is 13.2. The molecule has 0 bridgehead atoms. The molecule has 1 atom stereocenters. The van der Waals surface area contributed by atoms with Gasteiger partial charge in [0.15, 0.2) is 0 Å². The molecule has 0 saturated carbocycles. The lowest BCUT2D eigenvalue weighted by molar-refractivity contribution is -0.123. The SMILES string of the molecule is Cc1noc2nc(-c3ccccc3)cc(C(=O)Nc3ccc(C4(C)NC(=O)NC4=O)cc3)c12. The number of nitrogens with zero attached hydrogens (tertiary/aromatic N) is 2. The maximum Gasteiger partial charge on any atom is 0.322 e. The number of hydrogen-bond donors (Lipinski definition) is 3. The van der Waals surface area contributed by atoms with Crippen molar-refractivity contribution in [1.29, 1.82) is 0 Å². The van der Waals surface area contributed by atoms with Gasteiger partial charge in [0.05, 0.1) is 22.3 Å². The molecule has 2 aromatic carbocycles. The number of urea groups is 1. The van der Waals surface area contributed by atoms with Crippen LogP contribution in [0.5, 0.6) is 0 Å². The Kier molecular flexibility index (Phi) is 4.67. The second-order valence-corrected chi connectivity index (χ2v) is 7.93. The summed E-state index contributed by atoms with van der Waals surface area (Å²) in [4.78, 5) is 41.4. The van der Waals surface area contributed by atoms with Crippen molar-refractivity contribution in [3.8, 4) is 11.3 Å². The van der Waals surface area contributed by atoms with E-state index in [1.807, 2.05) is 30.3 Å². The molecular weight excluding hydrogens is 422 g/mol. The van der Waals surface area contributed by atoms with Crippen LogP contribution in [0.25, 0.3) is 22.4 Å². The van der Waals surface area contributed by atoms with E-state index >= 15 is 0 Å². The molecule has 33 heavy (non-hydrogen) atoms. The highest BCUT2D eigenvalue weighted by Crippen LogP contribution is 2.29. The predicted octanol–water partition coefficient (Wildman–Crippen LogP) is 3.51. The highest BCUT2D eigenvalue weighted by Gasteiger charge is 2.43. The Morgan fingerprint density at radius 3 is 2.45 bits per heavy atom. The van der Waals surface area contributed by atoms with E-state index in [2.05, 4.69) is 26.1 Å². The summed E-state index contributed by atoms with van der Waals surface area (Å²) in [7, 11) is 0. The number of imide groups is 1. The van der Waals surface area contributed by atoms with Gasteiger partial charge in [0, 0.05) is 11.3 Å². The van der Waals surface area contributed by atoms with Crippen LogP contribution in [0, 0.1) is 6.92 Å². The number of anilines is 1. The van der Waals surface area contributed by atoms with Gasteiger partial charge in [-0.15, -0.1) is 0 Å². The zero-order chi connectivity index (χ0) is 23.2. The van der Waals surface area contributed by atoms with Crippen LogP contribution in [0.4, 0.5) is 10.5 Å². The van der Waals surface area contributed by atoms with E-state index in [9.17, 15) is 14.4 Å². The largest absolute Gasteiger partial charge is 0.335 e. The zero-order valence-electron chi connectivity index (χ0n) is 17.8. The van der Waals surface area contributed by atoms with Crippen LogP contribution in [0.1, 0.15) is 28.5 Å². The number of pyridine rings is 1. The van der Waals surface area contributed by atoms with E-state index in [0.29, 0.717) is 33.6 Å². The first-order valence-corrected chi connectivity index (χ1v) is 10.2. The monoisotopic (exact) mass is 441 g/mol. The van der Waals surface area contributed by atoms with Gasteiger partial charge < -0.3 is 15.2 Å². The Labute approximate surface area is 188 Å². The molecule has 1 aliphatic rings. The number of rotatable bonds is 4. The number of fused-ring (bicyclic) bond motifs is 1. The van der Waals surface area contributed by atoms with Gasteiger partial charge in [0.1, 0.15) is 5.54 Å². The Hall–Kier alpha value is -4.53. The minimum Gasteiger partial charge on any atom is -0.335 e. The minimum atomic E-state index is -1.17. The van der Waals surface area contributed by atoms with Crippen LogP contribution in [0.3, 0.4) is 0 Å². The van der Waals surface area contributed by atoms with Crippen molar-refractivity contribution < 1.29 is 18.9 Å². The van der Waals surface area contributed by atoms with Crippen molar-refractivity contribution in [2.24, 2.45) is 0 Å². The highest BCUT2D eigenvalue weighted by atomic mass is 16.5. The summed E-state index contributed by atoms with van der Waals surface area (Å²) in [6.45, 7) is 3.37. The smallest absolute Gasteiger partial charge is 0.322 e. The first-order valence-electron chi connectivity index (χ1n) is 10.2. The zero-order valence-corrected chi connectivity index (χ0v) is 17.8. The van der Waals surface area contributed by atoms with Crippen LogP contribution in [-0.2, 0) is 10.3 Å². The molecule has 1 aliphatic heterocycles. The highest BCUT2D eigenvalue weighted by molar-refractivity contribution is 6.13. The van der Waals surface area contributed by atoms with Crippen LogP contribution in [0.2, 0.25) is 0 Å². The van der Waals surface area contributed by atoms with E-state index in [4.69, 9.17) is 4.52 Å². The van der Waals surface area contributed by atoms with Crippen LogP contribution < -0.4 is 16.0 Å². The molecule has 3 heterocycles. The van der Waals surface area contributed by atoms with Gasteiger partial charge in [-0.3, -0.25) is 14.9 Å². The van der Waals surface area contributed by atoms with Gasteiger partial charge >= 0.3 is 6.03 Å². The second kappa shape index (κ2) is 7.56. The topological polar surface area (TPSA) is 126 Å². The average Bonchev–Trinajstić information content (AvgIpc) is 3.32. The van der Waals surface area contributed by atoms with Crippen molar-refractivity contribution >= 4 is 34.6 Å². The second-order valence-electron chi connectivity index (χ2n) is 7.93. The lowest BCUT2D eigenvalue weighted by Crippen LogP contribution is -2.40. The third-order valence-electron chi connectivity index (χ3n) is 5.70. The molecule has 0 radical (unpaired) electrons. The summed E-state index contributed by atoms with van der Waals surface area (Å²) in [5, 5.41) is 12.2. The summed E-state index contributed by atoms with van der Waals surface area (Å²) >= 11 is 0. The van der Waals surface area contributed by atoms with Gasteiger partial charge in [0.2, 0.25) is 0 Å². The lowest BCUT2D eigenvalue weighted by atomic mass is 9.92. The Morgan fingerprint density at radius 1 is 1.06 bits per heavy atom. The first kappa shape index (κ1) is 20.4. The van der Waals surface area contributed by atoms with E-state index in [1.54, 1.807) is 44.2 Å². The number of carbonyl (C=O) groups excluding carboxylic acids is 3. The number of carbonyl (C=O) groups is 3. The molecule has 5 rings (SSSR count). The summed E-state index contributed by atoms with van der Waals surface area (Å²) in [5.74, 6) is -0.781. The Bertz CT molecular complexity index is 1410. The van der Waals surface area contributed by atoms with Gasteiger partial charge in [-0.25, -0.2) is 9.78 Å². The standard InChI is InChI=1S/C24H19N5O4/c1-13-19-17(12-18(26-21(19)33-29-13)14-6-4-3-5-7-14)20(30)25-16-10-8-15(9-11-16)24(2)22(31)27-23(32)28-24/h3-12H,1-2H3,(H,25,30)(H2,27,28,31,32). The van der Waals surface area contributed by atoms with Gasteiger partial charge in [-0.1, -0.05) is 47.6 Å². The molecule has 2 aromatic heterocycles. The van der Waals surface area contributed by atoms with Crippen molar-refractivity contribution in [3.05, 3.63) is 77.5 Å². The summed E-state index contributed by atoms with van der Waals surface area (Å²) in [6.07, 6.45) is 0. The fraction of sp³-hybridized carbons (Fsp3) is 0.125. The number of aromatic nitrogens is 2. The Balaban J connectivity index is 1.47. The molecule has 4 aromatic rings. The molecule has 4 amide bonds. The molecule has 3 N–H and O–H groups in total. The first-order chi connectivity index (χ1) is 15.8. The van der Waals surface area contributed by atoms with Crippen LogP contribution >= 0.6 is 0 Å². The van der Waals surface area contributed by atoms with Crippen molar-refractivity contribution in [3.63, 3.8) is 0 Å². The molecule has 9 nitrogen and oxygen atoms in total. The number of hydrogen-bond acceptors (Lipinski definition) is 6. The summed E-state index contributed by atoms with van der Waals surface area (Å²) in [6, 6.07) is 17.4. The third kappa shape index (κ3) is 3.49. The molecule has 164 valence electrons. The fourth-order valence-electron chi connectivity index (χ4n) is 3.86. The summed E-state index contributed by atoms with van der Waals surface area (Å²) in [5.41, 5.74) is 2.62. The normalized spacial score (nSPS) is 17.6. The lowest BCUT2D eigenvalue weighted by Gasteiger charge is -2.21. The maximum absolute atomic E-state index is 13.2. The molecule has 1 fully saturated rings. The number of benzene rings is 2. The number of aryl methyl sites for hydroxylation is 1. The van der Waals surface area contributed by atoms with E-state index in [1.165, 1.54) is 0 Å². The Morgan fingerprint density at radius 2 is 1.79 bits per heavy atom. The van der Waals surface area contributed by atoms with E-state index in [0.717, 1.165) is 5.56 Å². The van der Waals surface area contributed by atoms with Crippen molar-refractivity contribution in [2.45, 2.75) is 19.4 Å². The van der Waals surface area contributed by atoms with E-state index < -0.39 is 17.5 Å². The number of amides is 4. The predicted molar refractivity (Wildman–Crippen MR) is 120 cm³/mol. The summed E-state index contributed by atoms with van der Waals surface area (Å²) < 4.78 is 5.34. The molecule has 0 spiro atoms. The van der Waals surface area contributed by atoms with Gasteiger partial charge in [-0.2, -0.15) is 0 Å². The molecule has 1 unspecified atom stereocenters. The third-order valence-corrected chi connectivity index (χ3v) is 5.70. The molecular formula is C24H19N5O4. The van der Waals surface area contributed by atoms with Crippen LogP contribution in [-0.4, -0.2) is 28.0 Å². The van der Waals surface area contributed by atoms with Gasteiger partial charge in [0.25, 0.3) is 17.5 Å². The van der Waals surface area contributed by atoms with Crippen molar-refractivity contribution in [1.82, 2.24) is 20.8 Å². The average molecular weight is 441 g/mol. The molecule has 9 heteroatoms. The molecule has 1 saturated heterocycles. The number of nitrogens with one attached hydrogen (secondary N) is 3. The van der Waals surface area contributed by atoms with E-state index in [-0.39, 0.29) is 11.6 Å². The fourth-order valence-corrected chi connectivity index (χ4v) is 3.86. The minimum absolute atomic E-state index is 0.283. The quantitative estimate of drug-likeness (QED) is 0.416. The van der Waals surface area contributed by atoms with Crippen molar-refractivity contribution in [2.75, 3.05) is 5.32 Å².